The van der Waals surface area contributed by atoms with Gasteiger partial charge >= 0.3 is 0 Å². The summed E-state index contributed by atoms with van der Waals surface area (Å²) in [5.41, 5.74) is 1.85. The lowest BCUT2D eigenvalue weighted by Crippen LogP contribution is -2.38. The Morgan fingerprint density at radius 3 is 2.73 bits per heavy atom. The predicted molar refractivity (Wildman–Crippen MR) is 113 cm³/mol. The molecule has 140 valence electrons. The van der Waals surface area contributed by atoms with E-state index < -0.39 is 0 Å². The molecule has 0 spiro atoms. The number of rotatable bonds is 7. The summed E-state index contributed by atoms with van der Waals surface area (Å²) in [5, 5.41) is 8.68. The summed E-state index contributed by atoms with van der Waals surface area (Å²) < 4.78 is 1.10. The highest BCUT2D eigenvalue weighted by atomic mass is 79.9. The third-order valence-electron chi connectivity index (χ3n) is 3.65. The van der Waals surface area contributed by atoms with Crippen LogP contribution in [0.25, 0.3) is 0 Å². The van der Waals surface area contributed by atoms with Crippen LogP contribution in [0.1, 0.15) is 27.7 Å². The Hall–Kier alpha value is -1.86. The molecule has 2 aromatic rings. The SMILES string of the molecule is CCNC(=NCc1cc(Br)cs1)NCCc1cccc(C(=O)N(C)C)c1. The van der Waals surface area contributed by atoms with Gasteiger partial charge in [0.15, 0.2) is 5.96 Å². The van der Waals surface area contributed by atoms with Gasteiger partial charge in [0.2, 0.25) is 0 Å². The Balaban J connectivity index is 1.91. The lowest BCUT2D eigenvalue weighted by atomic mass is 10.1. The topological polar surface area (TPSA) is 56.7 Å². The third kappa shape index (κ3) is 6.46. The monoisotopic (exact) mass is 436 g/mol. The molecule has 0 atom stereocenters. The van der Waals surface area contributed by atoms with E-state index in [0.717, 1.165) is 41.1 Å². The van der Waals surface area contributed by atoms with Gasteiger partial charge in [-0.15, -0.1) is 11.3 Å². The van der Waals surface area contributed by atoms with Crippen molar-refractivity contribution in [3.63, 3.8) is 0 Å². The molecule has 0 aliphatic rings. The zero-order valence-corrected chi connectivity index (χ0v) is 17.8. The van der Waals surface area contributed by atoms with E-state index in [2.05, 4.69) is 49.9 Å². The number of aliphatic imine (C=N–C) groups is 1. The minimum absolute atomic E-state index is 0.0248. The van der Waals surface area contributed by atoms with Crippen molar-refractivity contribution in [1.82, 2.24) is 15.5 Å². The first-order valence-corrected chi connectivity index (χ1v) is 10.2. The molecule has 1 aromatic carbocycles. The fraction of sp³-hybridized carbons (Fsp3) is 0.368. The second kappa shape index (κ2) is 10.3. The highest BCUT2D eigenvalue weighted by Crippen LogP contribution is 2.20. The number of hydrogen-bond acceptors (Lipinski definition) is 3. The molecule has 0 bridgehead atoms. The first-order chi connectivity index (χ1) is 12.5. The zero-order chi connectivity index (χ0) is 18.9. The molecule has 0 saturated heterocycles. The number of carbonyl (C=O) groups is 1. The summed E-state index contributed by atoms with van der Waals surface area (Å²) in [4.78, 5) is 19.5. The van der Waals surface area contributed by atoms with Crippen LogP contribution in [0.5, 0.6) is 0 Å². The molecule has 2 rings (SSSR count). The van der Waals surface area contributed by atoms with Gasteiger partial charge in [0.1, 0.15) is 0 Å². The van der Waals surface area contributed by atoms with Crippen LogP contribution in [-0.2, 0) is 13.0 Å². The van der Waals surface area contributed by atoms with E-state index in [0.29, 0.717) is 6.54 Å². The summed E-state index contributed by atoms with van der Waals surface area (Å²) >= 11 is 5.16. The van der Waals surface area contributed by atoms with Gasteiger partial charge in [-0.1, -0.05) is 12.1 Å². The van der Waals surface area contributed by atoms with Gasteiger partial charge in [-0.3, -0.25) is 4.79 Å². The van der Waals surface area contributed by atoms with Crippen LogP contribution >= 0.6 is 27.3 Å². The number of amides is 1. The van der Waals surface area contributed by atoms with E-state index >= 15 is 0 Å². The van der Waals surface area contributed by atoms with Crippen molar-refractivity contribution in [3.8, 4) is 0 Å². The largest absolute Gasteiger partial charge is 0.357 e. The zero-order valence-electron chi connectivity index (χ0n) is 15.4. The highest BCUT2D eigenvalue weighted by molar-refractivity contribution is 9.10. The van der Waals surface area contributed by atoms with Crippen LogP contribution in [-0.4, -0.2) is 44.0 Å². The minimum Gasteiger partial charge on any atom is -0.357 e. The number of guanidine groups is 1. The van der Waals surface area contributed by atoms with Gasteiger partial charge in [0.25, 0.3) is 5.91 Å². The van der Waals surface area contributed by atoms with Crippen LogP contribution in [0.15, 0.2) is 45.2 Å². The molecule has 5 nitrogen and oxygen atoms in total. The van der Waals surface area contributed by atoms with E-state index in [1.807, 2.05) is 24.3 Å². The maximum Gasteiger partial charge on any atom is 0.253 e. The normalized spacial score (nSPS) is 11.3. The summed E-state index contributed by atoms with van der Waals surface area (Å²) in [5.74, 6) is 0.828. The van der Waals surface area contributed by atoms with Gasteiger partial charge in [0, 0.05) is 47.5 Å². The molecule has 1 amide bonds. The van der Waals surface area contributed by atoms with Gasteiger partial charge < -0.3 is 15.5 Å². The highest BCUT2D eigenvalue weighted by Gasteiger charge is 2.08. The molecule has 0 unspecified atom stereocenters. The second-order valence-corrected chi connectivity index (χ2v) is 7.91. The van der Waals surface area contributed by atoms with Crippen molar-refractivity contribution in [2.45, 2.75) is 19.9 Å². The van der Waals surface area contributed by atoms with Crippen molar-refractivity contribution in [2.24, 2.45) is 4.99 Å². The Morgan fingerprint density at radius 2 is 2.08 bits per heavy atom. The second-order valence-electron chi connectivity index (χ2n) is 6.00. The Morgan fingerprint density at radius 1 is 1.27 bits per heavy atom. The average Bonchev–Trinajstić information content (AvgIpc) is 3.04. The molecule has 1 heterocycles. The van der Waals surface area contributed by atoms with E-state index in [1.54, 1.807) is 30.3 Å². The molecule has 1 aromatic heterocycles. The molecule has 0 radical (unpaired) electrons. The quantitative estimate of drug-likeness (QED) is 0.515. The molecule has 0 aliphatic carbocycles. The number of hydrogen-bond donors (Lipinski definition) is 2. The first-order valence-electron chi connectivity index (χ1n) is 8.55. The lowest BCUT2D eigenvalue weighted by molar-refractivity contribution is 0.0827. The number of thiophene rings is 1. The molecular formula is C19H25BrN4OS. The summed E-state index contributed by atoms with van der Waals surface area (Å²) in [7, 11) is 3.53. The lowest BCUT2D eigenvalue weighted by Gasteiger charge is -2.13. The van der Waals surface area contributed by atoms with E-state index in [9.17, 15) is 4.79 Å². The van der Waals surface area contributed by atoms with Gasteiger partial charge in [0.05, 0.1) is 6.54 Å². The smallest absolute Gasteiger partial charge is 0.253 e. The minimum atomic E-state index is 0.0248. The fourth-order valence-electron chi connectivity index (χ4n) is 2.38. The van der Waals surface area contributed by atoms with Crippen molar-refractivity contribution in [1.29, 1.82) is 0 Å². The standard InChI is InChI=1S/C19H25BrN4OS/c1-4-21-19(23-12-17-11-16(20)13-26-17)22-9-8-14-6-5-7-15(10-14)18(25)24(2)3/h5-7,10-11,13H,4,8-9,12H2,1-3H3,(H2,21,22,23). The van der Waals surface area contributed by atoms with Gasteiger partial charge in [-0.05, 0) is 53.0 Å². The number of halogens is 1. The number of carbonyl (C=O) groups excluding carboxylic acids is 1. The number of nitrogens with zero attached hydrogens (tertiary/aromatic N) is 2. The van der Waals surface area contributed by atoms with Gasteiger partial charge in [-0.25, -0.2) is 4.99 Å². The van der Waals surface area contributed by atoms with E-state index in [4.69, 9.17) is 0 Å². The van der Waals surface area contributed by atoms with Crippen molar-refractivity contribution >= 4 is 39.1 Å². The Bertz CT molecular complexity index is 758. The molecule has 7 heteroatoms. The molecular weight excluding hydrogens is 412 g/mol. The molecule has 26 heavy (non-hydrogen) atoms. The maximum absolute atomic E-state index is 12.1. The molecule has 0 aliphatic heterocycles. The third-order valence-corrected chi connectivity index (χ3v) is 5.33. The Kier molecular flexibility index (Phi) is 8.12. The average molecular weight is 437 g/mol. The summed E-state index contributed by atoms with van der Waals surface area (Å²) in [6.07, 6.45) is 0.823. The predicted octanol–water partition coefficient (Wildman–Crippen LogP) is 3.51. The number of nitrogens with one attached hydrogen (secondary N) is 2. The van der Waals surface area contributed by atoms with Crippen LogP contribution < -0.4 is 10.6 Å². The molecule has 0 fully saturated rings. The number of benzene rings is 1. The summed E-state index contributed by atoms with van der Waals surface area (Å²) in [6.45, 7) is 4.26. The molecule has 0 saturated carbocycles. The van der Waals surface area contributed by atoms with Crippen LogP contribution in [0.2, 0.25) is 0 Å². The summed E-state index contributed by atoms with van der Waals surface area (Å²) in [6, 6.07) is 9.87. The maximum atomic E-state index is 12.1. The van der Waals surface area contributed by atoms with Crippen LogP contribution in [0.3, 0.4) is 0 Å². The van der Waals surface area contributed by atoms with E-state index in [1.165, 1.54) is 4.88 Å². The van der Waals surface area contributed by atoms with Crippen molar-refractivity contribution < 1.29 is 4.79 Å². The van der Waals surface area contributed by atoms with Crippen LogP contribution in [0, 0.1) is 0 Å². The first kappa shape index (κ1) is 20.5. The van der Waals surface area contributed by atoms with Gasteiger partial charge in [-0.2, -0.15) is 0 Å². The Labute approximate surface area is 167 Å². The van der Waals surface area contributed by atoms with Crippen LogP contribution in [0.4, 0.5) is 0 Å². The fourth-order valence-corrected chi connectivity index (χ4v) is 3.75. The van der Waals surface area contributed by atoms with E-state index in [-0.39, 0.29) is 5.91 Å². The molecule has 2 N–H and O–H groups in total. The van der Waals surface area contributed by atoms with Crippen molar-refractivity contribution in [3.05, 3.63) is 56.2 Å². The van der Waals surface area contributed by atoms with Crippen molar-refractivity contribution in [2.75, 3.05) is 27.2 Å².